The average Bonchev–Trinajstić information content (AvgIpc) is 3.03. The van der Waals surface area contributed by atoms with Crippen molar-refractivity contribution in [3.63, 3.8) is 0 Å². The zero-order valence-corrected chi connectivity index (χ0v) is 15.4. The maximum absolute atomic E-state index is 12.5. The number of rotatable bonds is 5. The maximum Gasteiger partial charge on any atom is 0.471 e. The topological polar surface area (TPSA) is 71.3 Å². The molecule has 1 aromatic carbocycles. The normalized spacial score (nSPS) is 25.1. The van der Waals surface area contributed by atoms with Crippen LogP contribution in [0.2, 0.25) is 0 Å². The van der Waals surface area contributed by atoms with Crippen LogP contribution in [0.15, 0.2) is 28.8 Å². The quantitative estimate of drug-likeness (QED) is 0.842. The number of nitrogens with zero attached hydrogens (tertiary/aromatic N) is 3. The number of amides is 1. The summed E-state index contributed by atoms with van der Waals surface area (Å²) < 4.78 is 41.9. The van der Waals surface area contributed by atoms with Gasteiger partial charge in [0.15, 0.2) is 0 Å². The van der Waals surface area contributed by atoms with Crippen molar-refractivity contribution < 1.29 is 22.5 Å². The van der Waals surface area contributed by atoms with Crippen molar-refractivity contribution in [3.05, 3.63) is 35.7 Å². The van der Waals surface area contributed by atoms with Crippen molar-refractivity contribution >= 4 is 5.91 Å². The molecule has 1 aromatic heterocycles. The van der Waals surface area contributed by atoms with Crippen LogP contribution in [-0.2, 0) is 6.18 Å². The minimum Gasteiger partial charge on any atom is -0.349 e. The summed E-state index contributed by atoms with van der Waals surface area (Å²) in [5, 5.41) is 6.37. The number of aromatic nitrogens is 2. The van der Waals surface area contributed by atoms with E-state index in [0.717, 1.165) is 19.5 Å². The van der Waals surface area contributed by atoms with Crippen molar-refractivity contribution in [3.8, 4) is 11.4 Å². The van der Waals surface area contributed by atoms with Gasteiger partial charge in [-0.15, -0.1) is 0 Å². The van der Waals surface area contributed by atoms with Gasteiger partial charge in [0.1, 0.15) is 0 Å². The molecule has 0 radical (unpaired) electrons. The van der Waals surface area contributed by atoms with E-state index in [9.17, 15) is 18.0 Å². The van der Waals surface area contributed by atoms with Crippen LogP contribution in [0, 0.1) is 5.92 Å². The Balaban J connectivity index is 1.33. The lowest BCUT2D eigenvalue weighted by Gasteiger charge is -2.20. The van der Waals surface area contributed by atoms with Crippen LogP contribution in [0.1, 0.15) is 42.4 Å². The van der Waals surface area contributed by atoms with Crippen molar-refractivity contribution in [1.82, 2.24) is 20.4 Å². The lowest BCUT2D eigenvalue weighted by atomic mass is 10.1. The summed E-state index contributed by atoms with van der Waals surface area (Å²) in [4.78, 5) is 18.2. The molecule has 3 unspecified atom stereocenters. The van der Waals surface area contributed by atoms with Gasteiger partial charge in [0, 0.05) is 29.8 Å². The third kappa shape index (κ3) is 4.04. The molecule has 4 rings (SSSR count). The third-order valence-electron chi connectivity index (χ3n) is 5.47. The Labute approximate surface area is 160 Å². The molecular weight excluding hydrogens is 373 g/mol. The lowest BCUT2D eigenvalue weighted by Crippen LogP contribution is -2.32. The summed E-state index contributed by atoms with van der Waals surface area (Å²) in [6.07, 6.45) is -1.22. The molecular formula is C19H21F3N4O2. The Bertz CT molecular complexity index is 850. The number of halogens is 3. The van der Waals surface area contributed by atoms with Gasteiger partial charge in [-0.05, 0) is 50.8 Å². The first kappa shape index (κ1) is 18.9. The summed E-state index contributed by atoms with van der Waals surface area (Å²) >= 11 is 0. The minimum absolute atomic E-state index is 0.165. The first-order valence-electron chi connectivity index (χ1n) is 9.37. The van der Waals surface area contributed by atoms with E-state index in [1.54, 1.807) is 12.1 Å². The highest BCUT2D eigenvalue weighted by atomic mass is 19.4. The predicted molar refractivity (Wildman–Crippen MR) is 94.4 cm³/mol. The zero-order valence-electron chi connectivity index (χ0n) is 15.4. The number of carbonyl (C=O) groups excluding carboxylic acids is 1. The average molecular weight is 394 g/mol. The molecule has 2 aromatic rings. The third-order valence-corrected chi connectivity index (χ3v) is 5.47. The van der Waals surface area contributed by atoms with Crippen LogP contribution in [0.25, 0.3) is 11.4 Å². The van der Waals surface area contributed by atoms with Crippen molar-refractivity contribution in [2.24, 2.45) is 5.92 Å². The first-order valence-corrected chi connectivity index (χ1v) is 9.37. The van der Waals surface area contributed by atoms with Gasteiger partial charge in [0.25, 0.3) is 5.91 Å². The van der Waals surface area contributed by atoms with E-state index in [0.29, 0.717) is 23.1 Å². The zero-order chi connectivity index (χ0) is 19.9. The van der Waals surface area contributed by atoms with E-state index in [4.69, 9.17) is 0 Å². The second-order valence-electron chi connectivity index (χ2n) is 7.56. The van der Waals surface area contributed by atoms with Crippen LogP contribution >= 0.6 is 0 Å². The number of alkyl halides is 3. The molecule has 1 N–H and O–H groups in total. The molecule has 1 aliphatic carbocycles. The number of hydrogen-bond donors (Lipinski definition) is 1. The van der Waals surface area contributed by atoms with E-state index < -0.39 is 12.1 Å². The molecule has 150 valence electrons. The fourth-order valence-corrected chi connectivity index (χ4v) is 3.67. The highest BCUT2D eigenvalue weighted by Gasteiger charge is 2.41. The van der Waals surface area contributed by atoms with E-state index >= 15 is 0 Å². The molecule has 3 atom stereocenters. The molecule has 0 bridgehead atoms. The summed E-state index contributed by atoms with van der Waals surface area (Å²) in [6.45, 7) is 4.39. The summed E-state index contributed by atoms with van der Waals surface area (Å²) in [6, 6.07) is 6.92. The smallest absolute Gasteiger partial charge is 0.349 e. The van der Waals surface area contributed by atoms with Gasteiger partial charge in [0.05, 0.1) is 0 Å². The van der Waals surface area contributed by atoms with Crippen molar-refractivity contribution in [2.45, 2.75) is 44.4 Å². The largest absolute Gasteiger partial charge is 0.471 e. The Morgan fingerprint density at radius 3 is 2.68 bits per heavy atom. The highest BCUT2D eigenvalue weighted by Crippen LogP contribution is 2.34. The van der Waals surface area contributed by atoms with Crippen LogP contribution in [0.4, 0.5) is 13.2 Å². The van der Waals surface area contributed by atoms with Gasteiger partial charge in [0.2, 0.25) is 5.82 Å². The van der Waals surface area contributed by atoms with Crippen LogP contribution in [0.3, 0.4) is 0 Å². The van der Waals surface area contributed by atoms with Crippen molar-refractivity contribution in [2.75, 3.05) is 13.1 Å². The molecule has 0 spiro atoms. The molecule has 9 heteroatoms. The Hall–Kier alpha value is -2.42. The molecule has 1 aliphatic heterocycles. The van der Waals surface area contributed by atoms with Crippen LogP contribution in [0.5, 0.6) is 0 Å². The Morgan fingerprint density at radius 2 is 2.07 bits per heavy atom. The maximum atomic E-state index is 12.5. The summed E-state index contributed by atoms with van der Waals surface area (Å²) in [7, 11) is 0. The second-order valence-corrected chi connectivity index (χ2v) is 7.56. The standard InChI is InChI=1S/C19H21F3N4O2/c1-11-3-2-8-26(11)10-14-9-15(14)23-17(27)13-6-4-12(5-7-13)16-24-18(28-25-16)19(20,21)22/h4-7,11,14-15H,2-3,8-10H2,1H3,(H,23,27). The molecule has 28 heavy (non-hydrogen) atoms. The van der Waals surface area contributed by atoms with E-state index in [1.165, 1.54) is 25.0 Å². The van der Waals surface area contributed by atoms with Gasteiger partial charge < -0.3 is 14.7 Å². The molecule has 1 saturated heterocycles. The second kappa shape index (κ2) is 7.20. The van der Waals surface area contributed by atoms with Gasteiger partial charge in [-0.2, -0.15) is 18.2 Å². The fourth-order valence-electron chi connectivity index (χ4n) is 3.67. The van der Waals surface area contributed by atoms with Crippen LogP contribution < -0.4 is 5.32 Å². The van der Waals surface area contributed by atoms with Gasteiger partial charge in [-0.1, -0.05) is 17.3 Å². The molecule has 2 fully saturated rings. The number of carbonyl (C=O) groups is 1. The molecule has 6 nitrogen and oxygen atoms in total. The van der Waals surface area contributed by atoms with Gasteiger partial charge >= 0.3 is 12.1 Å². The minimum atomic E-state index is -4.68. The molecule has 2 heterocycles. The van der Waals surface area contributed by atoms with Crippen LogP contribution in [-0.4, -0.2) is 46.1 Å². The molecule has 2 aliphatic rings. The molecule has 1 saturated carbocycles. The number of benzene rings is 1. The van der Waals surface area contributed by atoms with Gasteiger partial charge in [-0.3, -0.25) is 4.79 Å². The van der Waals surface area contributed by atoms with Crippen molar-refractivity contribution in [1.29, 1.82) is 0 Å². The molecule has 1 amide bonds. The number of hydrogen-bond acceptors (Lipinski definition) is 5. The Morgan fingerprint density at radius 1 is 1.32 bits per heavy atom. The Kier molecular flexibility index (Phi) is 4.86. The summed E-state index contributed by atoms with van der Waals surface area (Å²) in [5.74, 6) is -1.25. The first-order chi connectivity index (χ1) is 13.3. The monoisotopic (exact) mass is 394 g/mol. The predicted octanol–water partition coefficient (Wildman–Crippen LogP) is 3.36. The van der Waals surface area contributed by atoms with Gasteiger partial charge in [-0.25, -0.2) is 0 Å². The van der Waals surface area contributed by atoms with E-state index in [2.05, 4.69) is 31.8 Å². The fraction of sp³-hybridized carbons (Fsp3) is 0.526. The lowest BCUT2D eigenvalue weighted by molar-refractivity contribution is -0.159. The van der Waals surface area contributed by atoms with E-state index in [-0.39, 0.29) is 17.8 Å². The highest BCUT2D eigenvalue weighted by molar-refractivity contribution is 5.95. The number of likely N-dealkylation sites (tertiary alicyclic amines) is 1. The van der Waals surface area contributed by atoms with E-state index in [1.807, 2.05) is 0 Å². The summed E-state index contributed by atoms with van der Waals surface area (Å²) in [5.41, 5.74) is 0.798. The number of nitrogens with one attached hydrogen (secondary N) is 1. The SMILES string of the molecule is CC1CCCN1CC1CC1NC(=O)c1ccc(-c2noc(C(F)(F)F)n2)cc1.